The lowest BCUT2D eigenvalue weighted by atomic mass is 9.88. The molecule has 0 aromatic heterocycles. The van der Waals surface area contributed by atoms with Crippen LogP contribution in [0.2, 0.25) is 0 Å². The summed E-state index contributed by atoms with van der Waals surface area (Å²) in [5.74, 6) is 0. The summed E-state index contributed by atoms with van der Waals surface area (Å²) in [5.41, 5.74) is 8.48. The SMILES string of the molecule is CCN(Cc1ccccc1N)C1CCOC2(CCCC2)C1. The summed E-state index contributed by atoms with van der Waals surface area (Å²) in [6.45, 7) is 5.22. The van der Waals surface area contributed by atoms with Crippen molar-refractivity contribution < 1.29 is 4.74 Å². The molecular weight excluding hydrogens is 260 g/mol. The van der Waals surface area contributed by atoms with Crippen molar-refractivity contribution in [2.75, 3.05) is 18.9 Å². The molecule has 1 saturated heterocycles. The van der Waals surface area contributed by atoms with Gasteiger partial charge in [-0.1, -0.05) is 38.0 Å². The third-order valence-electron chi connectivity index (χ3n) is 5.33. The Morgan fingerprint density at radius 1 is 1.29 bits per heavy atom. The summed E-state index contributed by atoms with van der Waals surface area (Å²) in [5, 5.41) is 0. The van der Waals surface area contributed by atoms with Crippen LogP contribution in [0, 0.1) is 0 Å². The third kappa shape index (κ3) is 3.24. The van der Waals surface area contributed by atoms with Gasteiger partial charge in [-0.25, -0.2) is 0 Å². The number of anilines is 1. The highest BCUT2D eigenvalue weighted by Crippen LogP contribution is 2.41. The fourth-order valence-electron chi connectivity index (χ4n) is 4.08. The van der Waals surface area contributed by atoms with E-state index in [-0.39, 0.29) is 5.60 Å². The smallest absolute Gasteiger partial charge is 0.0697 e. The van der Waals surface area contributed by atoms with Gasteiger partial charge in [-0.05, 0) is 43.9 Å². The van der Waals surface area contributed by atoms with Gasteiger partial charge in [0.2, 0.25) is 0 Å². The second-order valence-electron chi connectivity index (χ2n) is 6.65. The summed E-state index contributed by atoms with van der Waals surface area (Å²) in [7, 11) is 0. The Kier molecular flexibility index (Phi) is 4.51. The van der Waals surface area contributed by atoms with Crippen molar-refractivity contribution in [3.8, 4) is 0 Å². The molecule has 1 spiro atoms. The van der Waals surface area contributed by atoms with E-state index in [4.69, 9.17) is 10.5 Å². The second kappa shape index (κ2) is 6.37. The van der Waals surface area contributed by atoms with Crippen LogP contribution in [0.1, 0.15) is 51.0 Å². The average molecular weight is 288 g/mol. The molecule has 2 fully saturated rings. The zero-order valence-corrected chi connectivity index (χ0v) is 13.2. The number of para-hydroxylation sites is 1. The predicted octanol–water partition coefficient (Wildman–Crippen LogP) is 3.58. The lowest BCUT2D eigenvalue weighted by Crippen LogP contribution is -2.47. The van der Waals surface area contributed by atoms with E-state index in [9.17, 15) is 0 Å². The minimum absolute atomic E-state index is 0.193. The molecule has 3 heteroatoms. The summed E-state index contributed by atoms with van der Waals surface area (Å²) in [4.78, 5) is 2.59. The fraction of sp³-hybridized carbons (Fsp3) is 0.667. The van der Waals surface area contributed by atoms with Crippen molar-refractivity contribution in [3.05, 3.63) is 29.8 Å². The van der Waals surface area contributed by atoms with Crippen molar-refractivity contribution in [1.29, 1.82) is 0 Å². The average Bonchev–Trinajstić information content (AvgIpc) is 2.94. The van der Waals surface area contributed by atoms with Crippen LogP contribution < -0.4 is 5.73 Å². The zero-order valence-electron chi connectivity index (χ0n) is 13.2. The van der Waals surface area contributed by atoms with Gasteiger partial charge in [-0.2, -0.15) is 0 Å². The molecule has 1 aromatic rings. The van der Waals surface area contributed by atoms with Gasteiger partial charge in [0.1, 0.15) is 0 Å². The highest BCUT2D eigenvalue weighted by atomic mass is 16.5. The number of nitrogens with two attached hydrogens (primary N) is 1. The lowest BCUT2D eigenvalue weighted by molar-refractivity contribution is -0.102. The molecule has 1 aliphatic heterocycles. The third-order valence-corrected chi connectivity index (χ3v) is 5.33. The monoisotopic (exact) mass is 288 g/mol. The second-order valence-corrected chi connectivity index (χ2v) is 6.65. The van der Waals surface area contributed by atoms with Crippen LogP contribution in [0.15, 0.2) is 24.3 Å². The largest absolute Gasteiger partial charge is 0.398 e. The molecule has 1 saturated carbocycles. The first-order chi connectivity index (χ1) is 10.2. The van der Waals surface area contributed by atoms with Crippen LogP contribution in [-0.4, -0.2) is 29.7 Å². The Morgan fingerprint density at radius 3 is 2.76 bits per heavy atom. The van der Waals surface area contributed by atoms with E-state index in [2.05, 4.69) is 24.0 Å². The maximum atomic E-state index is 6.17. The number of rotatable bonds is 4. The van der Waals surface area contributed by atoms with Gasteiger partial charge in [0.15, 0.2) is 0 Å². The summed E-state index contributed by atoms with van der Waals surface area (Å²) >= 11 is 0. The molecule has 1 heterocycles. The fourth-order valence-corrected chi connectivity index (χ4v) is 4.08. The number of benzene rings is 1. The first-order valence-corrected chi connectivity index (χ1v) is 8.44. The van der Waals surface area contributed by atoms with Crippen LogP contribution in [0.25, 0.3) is 0 Å². The molecule has 0 bridgehead atoms. The summed E-state index contributed by atoms with van der Waals surface area (Å²) < 4.78 is 6.17. The number of hydrogen-bond acceptors (Lipinski definition) is 3. The molecule has 1 atom stereocenters. The molecule has 2 N–H and O–H groups in total. The normalized spacial score (nSPS) is 24.8. The van der Waals surface area contributed by atoms with E-state index >= 15 is 0 Å². The molecule has 3 nitrogen and oxygen atoms in total. The maximum absolute atomic E-state index is 6.17. The minimum atomic E-state index is 0.193. The van der Waals surface area contributed by atoms with Crippen molar-refractivity contribution >= 4 is 5.69 Å². The van der Waals surface area contributed by atoms with E-state index in [0.717, 1.165) is 31.8 Å². The van der Waals surface area contributed by atoms with Gasteiger partial charge >= 0.3 is 0 Å². The van der Waals surface area contributed by atoms with E-state index < -0.39 is 0 Å². The molecular formula is C18H28N2O. The molecule has 116 valence electrons. The highest BCUT2D eigenvalue weighted by Gasteiger charge is 2.41. The topological polar surface area (TPSA) is 38.5 Å². The number of nitrogen functional groups attached to an aromatic ring is 1. The molecule has 3 rings (SSSR count). The van der Waals surface area contributed by atoms with E-state index in [1.807, 2.05) is 12.1 Å². The maximum Gasteiger partial charge on any atom is 0.0697 e. The van der Waals surface area contributed by atoms with E-state index in [1.54, 1.807) is 0 Å². The van der Waals surface area contributed by atoms with Crippen LogP contribution in [0.5, 0.6) is 0 Å². The van der Waals surface area contributed by atoms with Crippen molar-refractivity contribution in [1.82, 2.24) is 4.90 Å². The van der Waals surface area contributed by atoms with Crippen LogP contribution in [-0.2, 0) is 11.3 Å². The van der Waals surface area contributed by atoms with Gasteiger partial charge in [-0.3, -0.25) is 4.90 Å². The molecule has 0 radical (unpaired) electrons. The Labute approximate surface area is 128 Å². The number of nitrogens with zero attached hydrogens (tertiary/aromatic N) is 1. The van der Waals surface area contributed by atoms with Crippen molar-refractivity contribution in [2.45, 2.75) is 63.6 Å². The van der Waals surface area contributed by atoms with Gasteiger partial charge < -0.3 is 10.5 Å². The first kappa shape index (κ1) is 14.9. The Hall–Kier alpha value is -1.06. The molecule has 21 heavy (non-hydrogen) atoms. The van der Waals surface area contributed by atoms with Crippen LogP contribution in [0.3, 0.4) is 0 Å². The number of ether oxygens (including phenoxy) is 1. The summed E-state index contributed by atoms with van der Waals surface area (Å²) in [6, 6.07) is 8.90. The predicted molar refractivity (Wildman–Crippen MR) is 87.1 cm³/mol. The van der Waals surface area contributed by atoms with E-state index in [1.165, 1.54) is 37.7 Å². The van der Waals surface area contributed by atoms with Gasteiger partial charge in [0, 0.05) is 24.9 Å². The van der Waals surface area contributed by atoms with Crippen molar-refractivity contribution in [3.63, 3.8) is 0 Å². The van der Waals surface area contributed by atoms with E-state index in [0.29, 0.717) is 6.04 Å². The molecule has 1 aliphatic carbocycles. The molecule has 2 aliphatic rings. The molecule has 1 aromatic carbocycles. The Balaban J connectivity index is 1.69. The van der Waals surface area contributed by atoms with Crippen LogP contribution in [0.4, 0.5) is 5.69 Å². The van der Waals surface area contributed by atoms with Gasteiger partial charge in [0.25, 0.3) is 0 Å². The standard InChI is InChI=1S/C18H28N2O/c1-2-20(14-15-7-3-4-8-17(15)19)16-9-12-21-18(13-16)10-5-6-11-18/h3-4,7-8,16H,2,5-6,9-14,19H2,1H3. The molecule has 1 unspecified atom stereocenters. The minimum Gasteiger partial charge on any atom is -0.398 e. The zero-order chi connectivity index (χ0) is 14.7. The molecule has 0 amide bonds. The summed E-state index contributed by atoms with van der Waals surface area (Å²) in [6.07, 6.45) is 7.55. The Bertz CT molecular complexity index is 468. The quantitative estimate of drug-likeness (QED) is 0.861. The number of hydrogen-bond donors (Lipinski definition) is 1. The Morgan fingerprint density at radius 2 is 2.05 bits per heavy atom. The van der Waals surface area contributed by atoms with Gasteiger partial charge in [0.05, 0.1) is 5.60 Å². The highest BCUT2D eigenvalue weighted by molar-refractivity contribution is 5.46. The first-order valence-electron chi connectivity index (χ1n) is 8.44. The lowest BCUT2D eigenvalue weighted by Gasteiger charge is -2.43. The van der Waals surface area contributed by atoms with Crippen molar-refractivity contribution in [2.24, 2.45) is 0 Å². The van der Waals surface area contributed by atoms with Gasteiger partial charge in [-0.15, -0.1) is 0 Å². The van der Waals surface area contributed by atoms with Crippen LogP contribution >= 0.6 is 0 Å².